The summed E-state index contributed by atoms with van der Waals surface area (Å²) in [5.41, 5.74) is 4.02. The standard InChI is InChI=1S/C17H17BrN2OS/c1-9(2)13-8-22-17(20-13)12-7-14(21-4)11-6-5-10(3)15(18)16(11)19-12/h5-9H,1-4H3. The van der Waals surface area contributed by atoms with Gasteiger partial charge in [-0.25, -0.2) is 9.97 Å². The van der Waals surface area contributed by atoms with Gasteiger partial charge in [0.2, 0.25) is 0 Å². The molecular weight excluding hydrogens is 360 g/mol. The summed E-state index contributed by atoms with van der Waals surface area (Å²) in [7, 11) is 1.69. The lowest BCUT2D eigenvalue weighted by Crippen LogP contribution is -1.93. The summed E-state index contributed by atoms with van der Waals surface area (Å²) < 4.78 is 6.56. The third-order valence-electron chi connectivity index (χ3n) is 3.63. The summed E-state index contributed by atoms with van der Waals surface area (Å²) >= 11 is 5.27. The fraction of sp³-hybridized carbons (Fsp3) is 0.294. The average molecular weight is 377 g/mol. The largest absolute Gasteiger partial charge is 0.496 e. The molecule has 2 heterocycles. The molecule has 1 aromatic carbocycles. The van der Waals surface area contributed by atoms with Crippen molar-refractivity contribution in [1.82, 2.24) is 9.97 Å². The lowest BCUT2D eigenvalue weighted by Gasteiger charge is -2.10. The fourth-order valence-corrected chi connectivity index (χ4v) is 3.65. The summed E-state index contributed by atoms with van der Waals surface area (Å²) in [6.07, 6.45) is 0. The minimum atomic E-state index is 0.418. The number of nitrogens with zero attached hydrogens (tertiary/aromatic N) is 2. The Morgan fingerprint density at radius 3 is 2.64 bits per heavy atom. The van der Waals surface area contributed by atoms with E-state index in [0.717, 1.165) is 43.1 Å². The van der Waals surface area contributed by atoms with Gasteiger partial charge in [-0.1, -0.05) is 19.9 Å². The van der Waals surface area contributed by atoms with Gasteiger partial charge >= 0.3 is 0 Å². The second-order valence-electron chi connectivity index (χ2n) is 5.53. The lowest BCUT2D eigenvalue weighted by molar-refractivity contribution is 0.419. The maximum absolute atomic E-state index is 5.55. The zero-order valence-electron chi connectivity index (χ0n) is 13.0. The molecule has 3 aromatic rings. The van der Waals surface area contributed by atoms with Crippen LogP contribution < -0.4 is 4.74 Å². The number of halogens is 1. The van der Waals surface area contributed by atoms with Crippen LogP contribution in [0.4, 0.5) is 0 Å². The molecule has 0 unspecified atom stereocenters. The van der Waals surface area contributed by atoms with Crippen molar-refractivity contribution in [3.05, 3.63) is 39.3 Å². The normalized spacial score (nSPS) is 11.4. The monoisotopic (exact) mass is 376 g/mol. The molecule has 0 atom stereocenters. The molecular formula is C17H17BrN2OS. The van der Waals surface area contributed by atoms with Crippen molar-refractivity contribution in [3.63, 3.8) is 0 Å². The molecule has 0 aliphatic rings. The van der Waals surface area contributed by atoms with Crippen LogP contribution in [0.1, 0.15) is 31.0 Å². The number of aryl methyl sites for hydroxylation is 1. The molecule has 0 radical (unpaired) electrons. The van der Waals surface area contributed by atoms with E-state index in [1.54, 1.807) is 18.4 Å². The van der Waals surface area contributed by atoms with Crippen molar-refractivity contribution in [3.8, 4) is 16.5 Å². The van der Waals surface area contributed by atoms with Crippen molar-refractivity contribution >= 4 is 38.2 Å². The van der Waals surface area contributed by atoms with E-state index in [-0.39, 0.29) is 0 Å². The summed E-state index contributed by atoms with van der Waals surface area (Å²) in [5, 5.41) is 4.03. The van der Waals surface area contributed by atoms with Gasteiger partial charge in [0.1, 0.15) is 16.5 Å². The Bertz CT molecular complexity index is 842. The molecule has 3 rings (SSSR count). The Morgan fingerprint density at radius 1 is 1.23 bits per heavy atom. The molecule has 0 aliphatic carbocycles. The second-order valence-corrected chi connectivity index (χ2v) is 7.19. The molecule has 114 valence electrons. The van der Waals surface area contributed by atoms with Gasteiger partial charge in [-0.15, -0.1) is 11.3 Å². The van der Waals surface area contributed by atoms with Crippen LogP contribution in [0, 0.1) is 6.92 Å². The molecule has 0 bridgehead atoms. The number of benzene rings is 1. The predicted octanol–water partition coefficient (Wildman–Crippen LogP) is 5.56. The zero-order valence-corrected chi connectivity index (χ0v) is 15.4. The number of hydrogen-bond donors (Lipinski definition) is 0. The van der Waals surface area contributed by atoms with E-state index in [2.05, 4.69) is 48.1 Å². The van der Waals surface area contributed by atoms with E-state index in [9.17, 15) is 0 Å². The summed E-state index contributed by atoms with van der Waals surface area (Å²) in [5.74, 6) is 1.24. The third-order valence-corrected chi connectivity index (χ3v) is 5.51. The Hall–Kier alpha value is -1.46. The van der Waals surface area contributed by atoms with Gasteiger partial charge < -0.3 is 4.74 Å². The van der Waals surface area contributed by atoms with Crippen molar-refractivity contribution in [2.45, 2.75) is 26.7 Å². The maximum atomic E-state index is 5.55. The SMILES string of the molecule is COc1cc(-c2nc(C(C)C)cs2)nc2c(Br)c(C)ccc12. The van der Waals surface area contributed by atoms with Gasteiger partial charge in [0.25, 0.3) is 0 Å². The molecule has 3 nitrogen and oxygen atoms in total. The number of aromatic nitrogens is 2. The highest BCUT2D eigenvalue weighted by Gasteiger charge is 2.14. The van der Waals surface area contributed by atoms with Crippen LogP contribution in [0.25, 0.3) is 21.6 Å². The first-order chi connectivity index (χ1) is 10.5. The van der Waals surface area contributed by atoms with E-state index in [4.69, 9.17) is 14.7 Å². The van der Waals surface area contributed by atoms with Crippen molar-refractivity contribution in [2.75, 3.05) is 7.11 Å². The van der Waals surface area contributed by atoms with E-state index in [1.165, 1.54) is 0 Å². The molecule has 0 spiro atoms. The van der Waals surface area contributed by atoms with Gasteiger partial charge in [-0.05, 0) is 40.4 Å². The van der Waals surface area contributed by atoms with Gasteiger partial charge in [0.15, 0.2) is 0 Å². The minimum absolute atomic E-state index is 0.418. The molecule has 22 heavy (non-hydrogen) atoms. The van der Waals surface area contributed by atoms with Crippen LogP contribution in [-0.4, -0.2) is 17.1 Å². The topological polar surface area (TPSA) is 35.0 Å². The van der Waals surface area contributed by atoms with Crippen LogP contribution in [0.3, 0.4) is 0 Å². The molecule has 0 aliphatic heterocycles. The lowest BCUT2D eigenvalue weighted by atomic mass is 10.1. The molecule has 0 amide bonds. The number of thiazole rings is 1. The fourth-order valence-electron chi connectivity index (χ4n) is 2.28. The first-order valence-electron chi connectivity index (χ1n) is 7.11. The van der Waals surface area contributed by atoms with E-state index in [1.807, 2.05) is 12.1 Å². The highest BCUT2D eigenvalue weighted by Crippen LogP contribution is 2.36. The molecule has 0 fully saturated rings. The van der Waals surface area contributed by atoms with Gasteiger partial charge in [0.05, 0.1) is 18.3 Å². The van der Waals surface area contributed by atoms with Crippen molar-refractivity contribution < 1.29 is 4.74 Å². The van der Waals surface area contributed by atoms with Crippen LogP contribution in [0.2, 0.25) is 0 Å². The first kappa shape index (κ1) is 15.4. The van der Waals surface area contributed by atoms with E-state index in [0.29, 0.717) is 5.92 Å². The Labute approximate surface area is 142 Å². The summed E-state index contributed by atoms with van der Waals surface area (Å²) in [6, 6.07) is 6.08. The summed E-state index contributed by atoms with van der Waals surface area (Å²) in [6.45, 7) is 6.35. The first-order valence-corrected chi connectivity index (χ1v) is 8.78. The van der Waals surface area contributed by atoms with E-state index < -0.39 is 0 Å². The molecule has 0 N–H and O–H groups in total. The number of fused-ring (bicyclic) bond motifs is 1. The van der Waals surface area contributed by atoms with Gasteiger partial charge in [0, 0.05) is 21.3 Å². The predicted molar refractivity (Wildman–Crippen MR) is 95.9 cm³/mol. The van der Waals surface area contributed by atoms with Crippen molar-refractivity contribution in [2.24, 2.45) is 0 Å². The molecule has 5 heteroatoms. The molecule has 2 aromatic heterocycles. The smallest absolute Gasteiger partial charge is 0.142 e. The molecule has 0 saturated carbocycles. The Morgan fingerprint density at radius 2 is 2.00 bits per heavy atom. The van der Waals surface area contributed by atoms with Crippen LogP contribution in [-0.2, 0) is 0 Å². The van der Waals surface area contributed by atoms with Crippen molar-refractivity contribution in [1.29, 1.82) is 0 Å². The Kier molecular flexibility index (Phi) is 4.19. The van der Waals surface area contributed by atoms with Gasteiger partial charge in [-0.3, -0.25) is 0 Å². The maximum Gasteiger partial charge on any atom is 0.142 e. The van der Waals surface area contributed by atoms with Crippen LogP contribution in [0.5, 0.6) is 5.75 Å². The van der Waals surface area contributed by atoms with Gasteiger partial charge in [-0.2, -0.15) is 0 Å². The number of rotatable bonds is 3. The summed E-state index contributed by atoms with van der Waals surface area (Å²) in [4.78, 5) is 9.51. The minimum Gasteiger partial charge on any atom is -0.496 e. The number of pyridine rings is 1. The quantitative estimate of drug-likeness (QED) is 0.599. The average Bonchev–Trinajstić information content (AvgIpc) is 3.00. The number of ether oxygens (including phenoxy) is 1. The van der Waals surface area contributed by atoms with Crippen LogP contribution in [0.15, 0.2) is 28.1 Å². The zero-order chi connectivity index (χ0) is 15.9. The second kappa shape index (κ2) is 5.97. The third kappa shape index (κ3) is 2.63. The molecule has 0 saturated heterocycles. The van der Waals surface area contributed by atoms with Crippen LogP contribution >= 0.6 is 27.3 Å². The number of methoxy groups -OCH3 is 1. The highest BCUT2D eigenvalue weighted by atomic mass is 79.9. The highest BCUT2D eigenvalue weighted by molar-refractivity contribution is 9.10. The Balaban J connectivity index is 2.23. The van der Waals surface area contributed by atoms with E-state index >= 15 is 0 Å². The number of hydrogen-bond acceptors (Lipinski definition) is 4.